The topological polar surface area (TPSA) is 97.1 Å². The summed E-state index contributed by atoms with van der Waals surface area (Å²) in [5.74, 6) is 4.40. The number of piperidine rings is 1. The average Bonchev–Trinajstić information content (AvgIpc) is 3.45. The van der Waals surface area contributed by atoms with Crippen LogP contribution in [0.1, 0.15) is 76.5 Å². The second-order valence-electron chi connectivity index (χ2n) is 8.54. The molecule has 5 rings (SSSR count). The molecule has 8 nitrogen and oxygen atoms in total. The number of nitrogens with zero attached hydrogens (tertiary/aromatic N) is 4. The van der Waals surface area contributed by atoms with Crippen LogP contribution in [0.3, 0.4) is 0 Å². The molecular formula is C23H27N5O3. The molecule has 3 aromatic rings. The number of nitrogens with one attached hydrogen (secondary N) is 1. The zero-order valence-corrected chi connectivity index (χ0v) is 17.9. The van der Waals surface area contributed by atoms with Crippen LogP contribution < -0.4 is 4.74 Å². The molecule has 1 aliphatic heterocycles. The van der Waals surface area contributed by atoms with Crippen LogP contribution in [0.4, 0.5) is 0 Å². The first-order valence-corrected chi connectivity index (χ1v) is 10.9. The van der Waals surface area contributed by atoms with Crippen molar-refractivity contribution in [2.45, 2.75) is 58.0 Å². The van der Waals surface area contributed by atoms with Crippen molar-refractivity contribution >= 4 is 5.91 Å². The summed E-state index contributed by atoms with van der Waals surface area (Å²) >= 11 is 0. The highest BCUT2D eigenvalue weighted by Gasteiger charge is 2.30. The molecule has 0 spiro atoms. The Kier molecular flexibility index (Phi) is 5.21. The summed E-state index contributed by atoms with van der Waals surface area (Å²) in [6.45, 7) is 5.62. The molecule has 162 valence electrons. The highest BCUT2D eigenvalue weighted by atomic mass is 16.5. The van der Waals surface area contributed by atoms with Crippen molar-refractivity contribution in [3.05, 3.63) is 58.5 Å². The SMILES string of the molecule is Cc1noc(C)c1COc1ccc(C(=O)N2CCC(c3nc(C4CC4)n[nH]3)CC2)cc1. The lowest BCUT2D eigenvalue weighted by atomic mass is 9.95. The number of hydrogen-bond donors (Lipinski definition) is 1. The minimum atomic E-state index is 0.0620. The van der Waals surface area contributed by atoms with Crippen LogP contribution in [0.15, 0.2) is 28.8 Å². The lowest BCUT2D eigenvalue weighted by Gasteiger charge is -2.31. The largest absolute Gasteiger partial charge is 0.489 e. The van der Waals surface area contributed by atoms with E-state index in [1.54, 1.807) is 0 Å². The third-order valence-corrected chi connectivity index (χ3v) is 6.30. The Bertz CT molecular complexity index is 1040. The van der Waals surface area contributed by atoms with Gasteiger partial charge in [-0.3, -0.25) is 9.89 Å². The van der Waals surface area contributed by atoms with E-state index < -0.39 is 0 Å². The van der Waals surface area contributed by atoms with Gasteiger partial charge in [-0.2, -0.15) is 5.10 Å². The van der Waals surface area contributed by atoms with Crippen LogP contribution in [0.25, 0.3) is 0 Å². The molecule has 1 N–H and O–H groups in total. The number of carbonyl (C=O) groups excluding carboxylic acids is 1. The molecule has 0 bridgehead atoms. The molecule has 1 amide bonds. The van der Waals surface area contributed by atoms with Gasteiger partial charge in [-0.1, -0.05) is 5.16 Å². The third kappa shape index (κ3) is 4.19. The quantitative estimate of drug-likeness (QED) is 0.649. The van der Waals surface area contributed by atoms with Crippen LogP contribution >= 0.6 is 0 Å². The number of carbonyl (C=O) groups is 1. The molecular weight excluding hydrogens is 394 g/mol. The average molecular weight is 422 g/mol. The molecule has 8 heteroatoms. The molecule has 1 saturated carbocycles. The number of likely N-dealkylation sites (tertiary alicyclic amines) is 1. The Balaban J connectivity index is 1.15. The summed E-state index contributed by atoms with van der Waals surface area (Å²) in [7, 11) is 0. The van der Waals surface area contributed by atoms with E-state index in [-0.39, 0.29) is 5.91 Å². The number of rotatable bonds is 6. The molecule has 2 fully saturated rings. The number of hydrogen-bond acceptors (Lipinski definition) is 6. The second kappa shape index (κ2) is 8.17. The summed E-state index contributed by atoms with van der Waals surface area (Å²) in [5, 5.41) is 11.4. The summed E-state index contributed by atoms with van der Waals surface area (Å²) in [6, 6.07) is 7.34. The number of amides is 1. The smallest absolute Gasteiger partial charge is 0.253 e. The van der Waals surface area contributed by atoms with Crippen molar-refractivity contribution in [2.24, 2.45) is 0 Å². The van der Waals surface area contributed by atoms with E-state index in [1.807, 2.05) is 43.0 Å². The lowest BCUT2D eigenvalue weighted by Crippen LogP contribution is -2.38. The molecule has 2 aliphatic rings. The first-order valence-electron chi connectivity index (χ1n) is 10.9. The normalized spacial score (nSPS) is 17.2. The predicted octanol–water partition coefficient (Wildman–Crippen LogP) is 3.89. The van der Waals surface area contributed by atoms with E-state index in [2.05, 4.69) is 20.3 Å². The fraction of sp³-hybridized carbons (Fsp3) is 0.478. The van der Waals surface area contributed by atoms with Gasteiger partial charge in [0.25, 0.3) is 5.91 Å². The first-order chi connectivity index (χ1) is 15.1. The van der Waals surface area contributed by atoms with Crippen LogP contribution in [0, 0.1) is 13.8 Å². The number of aromatic amines is 1. The van der Waals surface area contributed by atoms with E-state index in [0.29, 0.717) is 29.8 Å². The van der Waals surface area contributed by atoms with E-state index >= 15 is 0 Å². The zero-order chi connectivity index (χ0) is 21.4. The molecule has 0 atom stereocenters. The van der Waals surface area contributed by atoms with Gasteiger partial charge in [-0.25, -0.2) is 4.98 Å². The number of aromatic nitrogens is 4. The third-order valence-electron chi connectivity index (χ3n) is 6.30. The Hall–Kier alpha value is -3.16. The second-order valence-corrected chi connectivity index (χ2v) is 8.54. The highest BCUT2D eigenvalue weighted by Crippen LogP contribution is 2.38. The Morgan fingerprint density at radius 3 is 2.52 bits per heavy atom. The molecule has 2 aromatic heterocycles. The van der Waals surface area contributed by atoms with Gasteiger partial charge in [-0.05, 0) is 63.8 Å². The Morgan fingerprint density at radius 1 is 1.13 bits per heavy atom. The molecule has 0 unspecified atom stereocenters. The van der Waals surface area contributed by atoms with Crippen LogP contribution in [0.2, 0.25) is 0 Å². The van der Waals surface area contributed by atoms with Crippen LogP contribution in [-0.2, 0) is 6.61 Å². The van der Waals surface area contributed by atoms with Gasteiger partial charge >= 0.3 is 0 Å². The van der Waals surface area contributed by atoms with Crippen molar-refractivity contribution < 1.29 is 14.1 Å². The van der Waals surface area contributed by atoms with E-state index in [0.717, 1.165) is 54.6 Å². The molecule has 3 heterocycles. The monoisotopic (exact) mass is 421 g/mol. The van der Waals surface area contributed by atoms with Crippen molar-refractivity contribution in [1.82, 2.24) is 25.2 Å². The zero-order valence-electron chi connectivity index (χ0n) is 17.9. The summed E-state index contributed by atoms with van der Waals surface area (Å²) in [4.78, 5) is 19.5. The van der Waals surface area contributed by atoms with Crippen LogP contribution in [-0.4, -0.2) is 44.2 Å². The number of ether oxygens (including phenoxy) is 1. The molecule has 1 aliphatic carbocycles. The fourth-order valence-electron chi connectivity index (χ4n) is 4.09. The minimum absolute atomic E-state index is 0.0620. The summed E-state index contributed by atoms with van der Waals surface area (Å²) in [5.41, 5.74) is 2.47. The van der Waals surface area contributed by atoms with Gasteiger partial charge in [-0.15, -0.1) is 0 Å². The maximum Gasteiger partial charge on any atom is 0.253 e. The Morgan fingerprint density at radius 2 is 1.87 bits per heavy atom. The van der Waals surface area contributed by atoms with E-state index in [1.165, 1.54) is 12.8 Å². The van der Waals surface area contributed by atoms with E-state index in [9.17, 15) is 4.79 Å². The highest BCUT2D eigenvalue weighted by molar-refractivity contribution is 5.94. The van der Waals surface area contributed by atoms with Gasteiger partial charge in [0.15, 0.2) is 5.82 Å². The molecule has 1 saturated heterocycles. The summed E-state index contributed by atoms with van der Waals surface area (Å²) in [6.07, 6.45) is 4.22. The summed E-state index contributed by atoms with van der Waals surface area (Å²) < 4.78 is 11.0. The predicted molar refractivity (Wildman–Crippen MR) is 113 cm³/mol. The van der Waals surface area contributed by atoms with Gasteiger partial charge < -0.3 is 14.2 Å². The van der Waals surface area contributed by atoms with Gasteiger partial charge in [0, 0.05) is 30.5 Å². The number of aryl methyl sites for hydroxylation is 2. The van der Waals surface area contributed by atoms with Gasteiger partial charge in [0.2, 0.25) is 0 Å². The molecule has 1 aromatic carbocycles. The van der Waals surface area contributed by atoms with Gasteiger partial charge in [0.1, 0.15) is 23.9 Å². The van der Waals surface area contributed by atoms with Crippen molar-refractivity contribution in [2.75, 3.05) is 13.1 Å². The Labute approximate surface area is 181 Å². The number of benzene rings is 1. The van der Waals surface area contributed by atoms with Crippen molar-refractivity contribution in [3.63, 3.8) is 0 Å². The van der Waals surface area contributed by atoms with Crippen molar-refractivity contribution in [1.29, 1.82) is 0 Å². The standard InChI is InChI=1S/C23H27N5O3/c1-14-20(15(2)31-27-14)13-30-19-7-5-18(6-8-19)23(29)28-11-9-17(10-12-28)22-24-21(25-26-22)16-3-4-16/h5-8,16-17H,3-4,9-13H2,1-2H3,(H,24,25,26). The van der Waals surface area contributed by atoms with E-state index in [4.69, 9.17) is 9.26 Å². The van der Waals surface area contributed by atoms with Crippen LogP contribution in [0.5, 0.6) is 5.75 Å². The molecule has 0 radical (unpaired) electrons. The lowest BCUT2D eigenvalue weighted by molar-refractivity contribution is 0.0711. The van der Waals surface area contributed by atoms with Crippen molar-refractivity contribution in [3.8, 4) is 5.75 Å². The molecule has 31 heavy (non-hydrogen) atoms. The number of H-pyrrole nitrogens is 1. The maximum atomic E-state index is 12.9. The fourth-order valence-corrected chi connectivity index (χ4v) is 4.09. The maximum absolute atomic E-state index is 12.9. The first kappa shape index (κ1) is 19.8. The minimum Gasteiger partial charge on any atom is -0.489 e. The van der Waals surface area contributed by atoms with Gasteiger partial charge in [0.05, 0.1) is 11.3 Å².